The van der Waals surface area contributed by atoms with E-state index in [1.54, 1.807) is 37.1 Å². The van der Waals surface area contributed by atoms with Crippen LogP contribution in [0, 0.1) is 35.0 Å². The highest BCUT2D eigenvalue weighted by atomic mass is 32.2. The number of nitrogens with one attached hydrogen (secondary N) is 1. The van der Waals surface area contributed by atoms with Crippen molar-refractivity contribution in [2.24, 2.45) is 5.92 Å². The number of methoxy groups -OCH3 is 1. The summed E-state index contributed by atoms with van der Waals surface area (Å²) in [7, 11) is 1.63. The van der Waals surface area contributed by atoms with Crippen LogP contribution in [-0.2, 0) is 22.6 Å². The van der Waals surface area contributed by atoms with Crippen molar-refractivity contribution in [2.45, 2.75) is 43.5 Å². The van der Waals surface area contributed by atoms with Crippen molar-refractivity contribution in [2.75, 3.05) is 12.9 Å². The van der Waals surface area contributed by atoms with Gasteiger partial charge in [0.05, 0.1) is 25.9 Å². The van der Waals surface area contributed by atoms with Gasteiger partial charge in [-0.15, -0.1) is 11.8 Å². The Kier molecular flexibility index (Phi) is 11.6. The molecule has 52 heavy (non-hydrogen) atoms. The average Bonchev–Trinajstić information content (AvgIpc) is 3.18. The predicted octanol–water partition coefficient (Wildman–Crippen LogP) is 9.06. The number of para-hydroxylation sites is 1. The Hall–Kier alpha value is -4.75. The Morgan fingerprint density at radius 3 is 2.12 bits per heavy atom. The molecule has 1 fully saturated rings. The van der Waals surface area contributed by atoms with Crippen molar-refractivity contribution in [1.29, 1.82) is 0 Å². The van der Waals surface area contributed by atoms with Crippen LogP contribution in [0.3, 0.4) is 0 Å². The van der Waals surface area contributed by atoms with Crippen LogP contribution in [0.2, 0.25) is 0 Å². The molecule has 0 aromatic heterocycles. The zero-order valence-corrected chi connectivity index (χ0v) is 28.9. The van der Waals surface area contributed by atoms with Crippen molar-refractivity contribution in [3.05, 3.63) is 154 Å². The van der Waals surface area contributed by atoms with Gasteiger partial charge in [0.25, 0.3) is 5.91 Å². The van der Waals surface area contributed by atoms with E-state index in [2.05, 4.69) is 12.2 Å². The Labute approximate surface area is 301 Å². The second kappa shape index (κ2) is 16.3. The van der Waals surface area contributed by atoms with Crippen LogP contribution in [0.4, 0.5) is 22.0 Å². The summed E-state index contributed by atoms with van der Waals surface area (Å²) in [5, 5.41) is 11.8. The number of benzene rings is 5. The van der Waals surface area contributed by atoms with E-state index in [1.165, 1.54) is 0 Å². The highest BCUT2D eigenvalue weighted by Crippen LogP contribution is 2.44. The molecule has 0 spiro atoms. The summed E-state index contributed by atoms with van der Waals surface area (Å²) < 4.78 is 88.0. The first-order valence-electron chi connectivity index (χ1n) is 16.3. The molecule has 0 bridgehead atoms. The molecule has 1 saturated heterocycles. The van der Waals surface area contributed by atoms with Gasteiger partial charge in [-0.3, -0.25) is 4.79 Å². The molecule has 5 aromatic carbocycles. The summed E-state index contributed by atoms with van der Waals surface area (Å²) in [6, 6.07) is 29.9. The monoisotopic (exact) mass is 735 g/mol. The van der Waals surface area contributed by atoms with Crippen LogP contribution >= 0.6 is 11.8 Å². The minimum absolute atomic E-state index is 0.0432. The van der Waals surface area contributed by atoms with Crippen molar-refractivity contribution < 1.29 is 46.1 Å². The number of aliphatic hydroxyl groups excluding tert-OH is 1. The van der Waals surface area contributed by atoms with E-state index in [0.29, 0.717) is 11.3 Å². The van der Waals surface area contributed by atoms with E-state index in [9.17, 15) is 31.9 Å². The molecule has 1 aliphatic rings. The standard InChI is InChI=1S/C40H34F5NO5S/c1-22-30(21-52-31-12-4-3-11-29(31)49-2)50-40(51-38(22)25-15-13-23(20-47)14-16-25)28-10-6-9-27(18-28)26-8-5-7-24(17-26)19-46-39(48)32-33(41)35(43)37(45)36(44)34(32)42/h3-18,22,30,38,40,47H,19-21H2,1-2H3,(H,46,48). The minimum Gasteiger partial charge on any atom is -0.496 e. The minimum atomic E-state index is -2.34. The third-order valence-corrected chi connectivity index (χ3v) is 10.0. The van der Waals surface area contributed by atoms with Crippen LogP contribution in [0.5, 0.6) is 5.75 Å². The van der Waals surface area contributed by atoms with E-state index in [0.717, 1.165) is 38.5 Å². The number of hydrogen-bond donors (Lipinski definition) is 2. The number of rotatable bonds is 11. The molecule has 270 valence electrons. The maximum absolute atomic E-state index is 14.2. The second-order valence-corrected chi connectivity index (χ2v) is 13.3. The molecule has 4 atom stereocenters. The molecule has 2 N–H and O–H groups in total. The molecule has 6 nitrogen and oxygen atoms in total. The lowest BCUT2D eigenvalue weighted by atomic mass is 9.91. The molecule has 1 heterocycles. The molecular formula is C40H34F5NO5S. The third kappa shape index (κ3) is 7.85. The number of carbonyl (C=O) groups is 1. The number of halogens is 5. The van der Waals surface area contributed by atoms with Crippen LogP contribution in [-0.4, -0.2) is 30.0 Å². The zero-order valence-electron chi connectivity index (χ0n) is 28.0. The number of aliphatic hydroxyl groups is 1. The summed E-state index contributed by atoms with van der Waals surface area (Å²) in [5.74, 6) is -11.2. The molecule has 0 saturated carbocycles. The number of carbonyl (C=O) groups excluding carboxylic acids is 1. The largest absolute Gasteiger partial charge is 0.496 e. The lowest BCUT2D eigenvalue weighted by Gasteiger charge is -2.41. The van der Waals surface area contributed by atoms with Crippen molar-refractivity contribution >= 4 is 17.7 Å². The van der Waals surface area contributed by atoms with Crippen LogP contribution in [0.15, 0.2) is 102 Å². The van der Waals surface area contributed by atoms with Crippen molar-refractivity contribution in [3.8, 4) is 16.9 Å². The highest BCUT2D eigenvalue weighted by Gasteiger charge is 2.38. The van der Waals surface area contributed by atoms with Gasteiger partial charge in [0.15, 0.2) is 29.6 Å². The molecule has 1 amide bonds. The first-order valence-corrected chi connectivity index (χ1v) is 17.3. The van der Waals surface area contributed by atoms with Crippen LogP contribution in [0.25, 0.3) is 11.1 Å². The summed E-state index contributed by atoms with van der Waals surface area (Å²) in [6.45, 7) is 1.76. The molecule has 0 aliphatic carbocycles. The lowest BCUT2D eigenvalue weighted by molar-refractivity contribution is -0.268. The summed E-state index contributed by atoms with van der Waals surface area (Å²) in [5.41, 5.74) is 2.95. The maximum Gasteiger partial charge on any atom is 0.257 e. The number of ether oxygens (including phenoxy) is 3. The number of thioether (sulfide) groups is 1. The normalized spacial score (nSPS) is 18.6. The van der Waals surface area contributed by atoms with Gasteiger partial charge in [-0.25, -0.2) is 22.0 Å². The number of hydrogen-bond acceptors (Lipinski definition) is 6. The van der Waals surface area contributed by atoms with Crippen LogP contribution < -0.4 is 10.1 Å². The van der Waals surface area contributed by atoms with E-state index in [1.807, 2.05) is 78.9 Å². The van der Waals surface area contributed by atoms with Gasteiger partial charge >= 0.3 is 0 Å². The second-order valence-electron chi connectivity index (χ2n) is 12.2. The first-order chi connectivity index (χ1) is 25.1. The average molecular weight is 736 g/mol. The topological polar surface area (TPSA) is 77.0 Å². The molecule has 1 aliphatic heterocycles. The summed E-state index contributed by atoms with van der Waals surface area (Å²) in [6.07, 6.45) is -1.31. The molecule has 0 radical (unpaired) electrons. The van der Waals surface area contributed by atoms with Gasteiger partial charge in [0.1, 0.15) is 11.3 Å². The Morgan fingerprint density at radius 2 is 1.42 bits per heavy atom. The SMILES string of the molecule is COc1ccccc1SCC1OC(c2cccc(-c3cccc(CNC(=O)c4c(F)c(F)c(F)c(F)c4F)c3)c2)OC(c2ccc(CO)cc2)C1C. The third-order valence-electron chi connectivity index (χ3n) is 8.90. The molecule has 5 aromatic rings. The van der Waals surface area contributed by atoms with Gasteiger partial charge < -0.3 is 24.6 Å². The fraction of sp³-hybridized carbons (Fsp3) is 0.225. The molecular weight excluding hydrogens is 701 g/mol. The Bertz CT molecular complexity index is 2030. The zero-order chi connectivity index (χ0) is 36.9. The van der Waals surface area contributed by atoms with Crippen molar-refractivity contribution in [1.82, 2.24) is 5.32 Å². The van der Waals surface area contributed by atoms with Gasteiger partial charge in [0.2, 0.25) is 5.82 Å². The lowest BCUT2D eigenvalue weighted by Crippen LogP contribution is -2.38. The van der Waals surface area contributed by atoms with E-state index in [4.69, 9.17) is 14.2 Å². The van der Waals surface area contributed by atoms with E-state index < -0.39 is 46.8 Å². The Balaban J connectivity index is 1.23. The fourth-order valence-electron chi connectivity index (χ4n) is 6.02. The molecule has 12 heteroatoms. The van der Waals surface area contributed by atoms with E-state index >= 15 is 0 Å². The highest BCUT2D eigenvalue weighted by molar-refractivity contribution is 7.99. The van der Waals surface area contributed by atoms with Gasteiger partial charge in [0, 0.05) is 28.7 Å². The van der Waals surface area contributed by atoms with Crippen molar-refractivity contribution in [3.63, 3.8) is 0 Å². The maximum atomic E-state index is 14.2. The van der Waals surface area contributed by atoms with Gasteiger partial charge in [-0.1, -0.05) is 79.7 Å². The van der Waals surface area contributed by atoms with Gasteiger partial charge in [-0.2, -0.15) is 0 Å². The Morgan fingerprint density at radius 1 is 0.769 bits per heavy atom. The summed E-state index contributed by atoms with van der Waals surface area (Å²) in [4.78, 5) is 13.5. The smallest absolute Gasteiger partial charge is 0.257 e. The summed E-state index contributed by atoms with van der Waals surface area (Å²) >= 11 is 1.63. The quantitative estimate of drug-likeness (QED) is 0.0611. The van der Waals surface area contributed by atoms with E-state index in [-0.39, 0.29) is 31.3 Å². The van der Waals surface area contributed by atoms with Crippen LogP contribution in [0.1, 0.15) is 51.9 Å². The number of amides is 1. The fourth-order valence-corrected chi connectivity index (χ4v) is 7.21. The first kappa shape index (κ1) is 37.0. The van der Waals surface area contributed by atoms with Gasteiger partial charge in [-0.05, 0) is 52.1 Å². The molecule has 4 unspecified atom stereocenters. The molecule has 6 rings (SSSR count). The predicted molar refractivity (Wildman–Crippen MR) is 186 cm³/mol.